The predicted molar refractivity (Wildman–Crippen MR) is 87.5 cm³/mol. The highest BCUT2D eigenvalue weighted by Crippen LogP contribution is 2.13. The van der Waals surface area contributed by atoms with Crippen LogP contribution in [-0.4, -0.2) is 47.1 Å². The molecule has 2 atom stereocenters. The molecule has 0 spiro atoms. The maximum absolute atomic E-state index is 12.1. The lowest BCUT2D eigenvalue weighted by atomic mass is 10.2. The first-order valence-corrected chi connectivity index (χ1v) is 7.54. The molecule has 26 heavy (non-hydrogen) atoms. The summed E-state index contributed by atoms with van der Waals surface area (Å²) < 4.78 is 10.00. The highest BCUT2D eigenvalue weighted by atomic mass is 17.1. The summed E-state index contributed by atoms with van der Waals surface area (Å²) in [4.78, 5) is 39.6. The summed E-state index contributed by atoms with van der Waals surface area (Å²) in [5.74, 6) is -3.33. The van der Waals surface area contributed by atoms with Crippen molar-refractivity contribution in [3.8, 4) is 0 Å². The van der Waals surface area contributed by atoms with Crippen molar-refractivity contribution in [1.29, 1.82) is 0 Å². The SMILES string of the molecule is O=C(O[C@H](C(=O)O)[C@@H](COO)OC(=O)c1ccccc1)c1ccccc1. The Balaban J connectivity index is 2.16. The van der Waals surface area contributed by atoms with Gasteiger partial charge >= 0.3 is 17.9 Å². The molecule has 0 aliphatic carbocycles. The van der Waals surface area contributed by atoms with Gasteiger partial charge in [-0.3, -0.25) is 5.26 Å². The maximum Gasteiger partial charge on any atom is 0.349 e. The molecule has 0 fully saturated rings. The molecule has 2 aromatic rings. The van der Waals surface area contributed by atoms with Crippen molar-refractivity contribution < 1.29 is 39.1 Å². The monoisotopic (exact) mass is 360 g/mol. The number of ether oxygens (including phenoxy) is 2. The number of carboxylic acids is 1. The fraction of sp³-hybridized carbons (Fsp3) is 0.167. The quantitative estimate of drug-likeness (QED) is 0.417. The number of aliphatic carboxylic acids is 1. The van der Waals surface area contributed by atoms with Crippen LogP contribution in [0.2, 0.25) is 0 Å². The normalized spacial score (nSPS) is 12.7. The molecule has 0 aliphatic heterocycles. The summed E-state index contributed by atoms with van der Waals surface area (Å²) in [6, 6.07) is 15.5. The minimum absolute atomic E-state index is 0.122. The molecule has 0 aromatic heterocycles. The van der Waals surface area contributed by atoms with E-state index in [0.29, 0.717) is 0 Å². The standard InChI is InChI=1S/C18H16O8/c19-16(20)15(26-18(22)13-9-5-2-6-10-13)14(11-24-23)25-17(21)12-7-3-1-4-8-12/h1-10,14-15,23H,11H2,(H,19,20)/t14-,15+/m1/s1. The molecule has 0 radical (unpaired) electrons. The maximum atomic E-state index is 12.1. The van der Waals surface area contributed by atoms with Gasteiger partial charge in [0.05, 0.1) is 11.1 Å². The van der Waals surface area contributed by atoms with Crippen molar-refractivity contribution in [2.24, 2.45) is 0 Å². The van der Waals surface area contributed by atoms with E-state index in [0.717, 1.165) is 0 Å². The van der Waals surface area contributed by atoms with E-state index in [9.17, 15) is 19.5 Å². The lowest BCUT2D eigenvalue weighted by molar-refractivity contribution is -0.262. The second kappa shape index (κ2) is 9.30. The van der Waals surface area contributed by atoms with E-state index in [2.05, 4.69) is 4.89 Å². The van der Waals surface area contributed by atoms with Crippen molar-refractivity contribution in [2.45, 2.75) is 12.2 Å². The largest absolute Gasteiger partial charge is 0.478 e. The van der Waals surface area contributed by atoms with Crippen molar-refractivity contribution in [2.75, 3.05) is 6.61 Å². The zero-order valence-corrected chi connectivity index (χ0v) is 13.5. The second-order valence-corrected chi connectivity index (χ2v) is 5.14. The number of carbonyl (C=O) groups excluding carboxylic acids is 2. The Kier molecular flexibility index (Phi) is 6.84. The Morgan fingerprint density at radius 1 is 0.808 bits per heavy atom. The molecular weight excluding hydrogens is 344 g/mol. The van der Waals surface area contributed by atoms with Crippen molar-refractivity contribution >= 4 is 17.9 Å². The van der Waals surface area contributed by atoms with E-state index >= 15 is 0 Å². The van der Waals surface area contributed by atoms with Crippen LogP contribution in [0.15, 0.2) is 60.7 Å². The first-order chi connectivity index (χ1) is 12.5. The lowest BCUT2D eigenvalue weighted by Gasteiger charge is -2.23. The molecule has 2 aromatic carbocycles. The predicted octanol–water partition coefficient (Wildman–Crippen LogP) is 2.01. The summed E-state index contributed by atoms with van der Waals surface area (Å²) >= 11 is 0. The molecule has 8 nitrogen and oxygen atoms in total. The molecule has 136 valence electrons. The minimum atomic E-state index is -1.87. The zero-order valence-electron chi connectivity index (χ0n) is 13.5. The Morgan fingerprint density at radius 2 is 1.27 bits per heavy atom. The molecule has 2 rings (SSSR count). The van der Waals surface area contributed by atoms with Gasteiger partial charge in [-0.25, -0.2) is 19.3 Å². The highest BCUT2D eigenvalue weighted by molar-refractivity contribution is 5.92. The van der Waals surface area contributed by atoms with Crippen molar-refractivity contribution in [3.05, 3.63) is 71.8 Å². The van der Waals surface area contributed by atoms with Gasteiger partial charge in [0.1, 0.15) is 6.61 Å². The molecule has 0 amide bonds. The number of esters is 2. The van der Waals surface area contributed by atoms with Crippen LogP contribution in [0.1, 0.15) is 20.7 Å². The fourth-order valence-corrected chi connectivity index (χ4v) is 2.08. The van der Waals surface area contributed by atoms with Crippen molar-refractivity contribution in [1.82, 2.24) is 0 Å². The zero-order chi connectivity index (χ0) is 18.9. The summed E-state index contributed by atoms with van der Waals surface area (Å²) in [5, 5.41) is 18.0. The van der Waals surface area contributed by atoms with Crippen molar-refractivity contribution in [3.63, 3.8) is 0 Å². The topological polar surface area (TPSA) is 119 Å². The van der Waals surface area contributed by atoms with Crippen LogP contribution in [0.25, 0.3) is 0 Å². The van der Waals surface area contributed by atoms with E-state index < -0.39 is 36.7 Å². The third kappa shape index (κ3) is 5.13. The Bertz CT molecular complexity index is 744. The van der Waals surface area contributed by atoms with E-state index in [1.54, 1.807) is 36.4 Å². The van der Waals surface area contributed by atoms with Crippen LogP contribution < -0.4 is 0 Å². The van der Waals surface area contributed by atoms with Gasteiger partial charge in [-0.15, -0.1) is 0 Å². The van der Waals surface area contributed by atoms with Gasteiger partial charge in [-0.05, 0) is 24.3 Å². The van der Waals surface area contributed by atoms with Gasteiger partial charge < -0.3 is 14.6 Å². The molecule has 0 heterocycles. The van der Waals surface area contributed by atoms with Gasteiger partial charge in [0, 0.05) is 0 Å². The van der Waals surface area contributed by atoms with Gasteiger partial charge in [-0.2, -0.15) is 0 Å². The van der Waals surface area contributed by atoms with Crippen LogP contribution in [0.5, 0.6) is 0 Å². The summed E-state index contributed by atoms with van der Waals surface area (Å²) in [6.45, 7) is -0.697. The number of carboxylic acid groups (broad SMARTS) is 1. The first-order valence-electron chi connectivity index (χ1n) is 7.54. The average Bonchev–Trinajstić information content (AvgIpc) is 2.66. The highest BCUT2D eigenvalue weighted by Gasteiger charge is 2.36. The van der Waals surface area contributed by atoms with Gasteiger partial charge in [0.25, 0.3) is 0 Å². The third-order valence-electron chi connectivity index (χ3n) is 3.33. The second-order valence-electron chi connectivity index (χ2n) is 5.14. The molecule has 0 saturated heterocycles. The number of carbonyl (C=O) groups is 3. The van der Waals surface area contributed by atoms with E-state index in [4.69, 9.17) is 14.7 Å². The molecule has 0 unspecified atom stereocenters. The minimum Gasteiger partial charge on any atom is -0.478 e. The molecule has 0 bridgehead atoms. The number of hydrogen-bond donors (Lipinski definition) is 2. The van der Waals surface area contributed by atoms with E-state index in [-0.39, 0.29) is 11.1 Å². The summed E-state index contributed by atoms with van der Waals surface area (Å²) in [6.07, 6.45) is -3.43. The first kappa shape index (κ1) is 19.1. The third-order valence-corrected chi connectivity index (χ3v) is 3.33. The van der Waals surface area contributed by atoms with Crippen LogP contribution in [0.4, 0.5) is 0 Å². The summed E-state index contributed by atoms with van der Waals surface area (Å²) in [5.41, 5.74) is 0.283. The molecule has 8 heteroatoms. The van der Waals surface area contributed by atoms with Crippen LogP contribution >= 0.6 is 0 Å². The summed E-state index contributed by atoms with van der Waals surface area (Å²) in [7, 11) is 0. The van der Waals surface area contributed by atoms with Crippen LogP contribution in [0.3, 0.4) is 0 Å². The van der Waals surface area contributed by atoms with Gasteiger partial charge in [0.15, 0.2) is 6.10 Å². The number of hydrogen-bond acceptors (Lipinski definition) is 7. The van der Waals surface area contributed by atoms with Crippen LogP contribution in [0, 0.1) is 0 Å². The van der Waals surface area contributed by atoms with E-state index in [1.165, 1.54) is 24.3 Å². The smallest absolute Gasteiger partial charge is 0.349 e. The number of benzene rings is 2. The Labute approximate surface area is 148 Å². The Hall–Kier alpha value is -3.23. The Morgan fingerprint density at radius 3 is 1.69 bits per heavy atom. The molecule has 0 aliphatic rings. The molecule has 0 saturated carbocycles. The molecule has 2 N–H and O–H groups in total. The number of rotatable bonds is 8. The van der Waals surface area contributed by atoms with Crippen LogP contribution in [-0.2, 0) is 19.2 Å². The van der Waals surface area contributed by atoms with E-state index in [1.807, 2.05) is 0 Å². The molecular formula is C18H16O8. The lowest BCUT2D eigenvalue weighted by Crippen LogP contribution is -2.43. The van der Waals surface area contributed by atoms with Gasteiger partial charge in [-0.1, -0.05) is 36.4 Å². The van der Waals surface area contributed by atoms with Gasteiger partial charge in [0.2, 0.25) is 6.10 Å². The fourth-order valence-electron chi connectivity index (χ4n) is 2.08. The average molecular weight is 360 g/mol.